The third-order valence-corrected chi connectivity index (χ3v) is 4.58. The van der Waals surface area contributed by atoms with E-state index in [1.165, 1.54) is 11.1 Å². The molecule has 3 aromatic carbocycles. The van der Waals surface area contributed by atoms with Crippen LogP contribution >= 0.6 is 15.9 Å². The second kappa shape index (κ2) is 7.04. The van der Waals surface area contributed by atoms with Crippen molar-refractivity contribution < 1.29 is 0 Å². The first-order valence-electron chi connectivity index (χ1n) is 8.18. The molecule has 2 heteroatoms. The quantitative estimate of drug-likeness (QED) is 0.375. The summed E-state index contributed by atoms with van der Waals surface area (Å²) in [6.07, 6.45) is 0. The first-order valence-corrected chi connectivity index (χ1v) is 8.98. The zero-order valence-corrected chi connectivity index (χ0v) is 15.1. The molecule has 0 unspecified atom stereocenters. The molecular weight excluding hydrogens is 370 g/mol. The maximum absolute atomic E-state index is 4.88. The van der Waals surface area contributed by atoms with Gasteiger partial charge in [0.15, 0.2) is 0 Å². The minimum atomic E-state index is 0.964. The molecule has 0 fully saturated rings. The zero-order valence-electron chi connectivity index (χ0n) is 13.6. The van der Waals surface area contributed by atoms with E-state index in [9.17, 15) is 0 Å². The predicted octanol–water partition coefficient (Wildman–Crippen LogP) is 6.85. The van der Waals surface area contributed by atoms with Crippen LogP contribution in [0.15, 0.2) is 102 Å². The fourth-order valence-electron chi connectivity index (χ4n) is 2.89. The van der Waals surface area contributed by atoms with Crippen molar-refractivity contribution in [2.75, 3.05) is 0 Å². The van der Waals surface area contributed by atoms with E-state index < -0.39 is 0 Å². The van der Waals surface area contributed by atoms with Crippen molar-refractivity contribution in [1.82, 2.24) is 4.98 Å². The molecule has 1 heterocycles. The van der Waals surface area contributed by atoms with Crippen LogP contribution in [0.5, 0.6) is 0 Å². The monoisotopic (exact) mass is 385 g/mol. The van der Waals surface area contributed by atoms with Crippen molar-refractivity contribution in [3.05, 3.63) is 102 Å². The maximum Gasteiger partial charge on any atom is 0.0720 e. The summed E-state index contributed by atoms with van der Waals surface area (Å²) in [5.74, 6) is 0. The lowest BCUT2D eigenvalue weighted by Gasteiger charge is -2.09. The molecule has 1 aromatic heterocycles. The summed E-state index contributed by atoms with van der Waals surface area (Å²) in [5.41, 5.74) is 6.56. The van der Waals surface area contributed by atoms with Gasteiger partial charge in [0, 0.05) is 15.6 Å². The molecule has 0 aliphatic carbocycles. The molecule has 0 radical (unpaired) electrons. The molecule has 0 saturated carbocycles. The lowest BCUT2D eigenvalue weighted by Crippen LogP contribution is -1.89. The van der Waals surface area contributed by atoms with Gasteiger partial charge in [-0.25, -0.2) is 4.98 Å². The van der Waals surface area contributed by atoms with E-state index in [0.717, 1.165) is 27.0 Å². The van der Waals surface area contributed by atoms with Gasteiger partial charge in [0.05, 0.1) is 11.4 Å². The average Bonchev–Trinajstić information content (AvgIpc) is 2.69. The van der Waals surface area contributed by atoms with Gasteiger partial charge in [-0.1, -0.05) is 94.8 Å². The Bertz CT molecular complexity index is 995. The molecule has 0 amide bonds. The predicted molar refractivity (Wildman–Crippen MR) is 108 cm³/mol. The van der Waals surface area contributed by atoms with Gasteiger partial charge in [0.25, 0.3) is 0 Å². The molecule has 0 saturated heterocycles. The van der Waals surface area contributed by atoms with Gasteiger partial charge in [0.1, 0.15) is 0 Å². The first kappa shape index (κ1) is 15.8. The molecule has 25 heavy (non-hydrogen) atoms. The summed E-state index contributed by atoms with van der Waals surface area (Å²) < 4.78 is 1.03. The van der Waals surface area contributed by atoms with Crippen molar-refractivity contribution in [2.45, 2.75) is 0 Å². The normalized spacial score (nSPS) is 10.6. The molecule has 0 N–H and O–H groups in total. The number of benzene rings is 3. The Morgan fingerprint density at radius 1 is 0.480 bits per heavy atom. The van der Waals surface area contributed by atoms with E-state index in [0.29, 0.717) is 0 Å². The van der Waals surface area contributed by atoms with E-state index in [-0.39, 0.29) is 0 Å². The highest BCUT2D eigenvalue weighted by Gasteiger charge is 2.07. The summed E-state index contributed by atoms with van der Waals surface area (Å²) in [6.45, 7) is 0. The van der Waals surface area contributed by atoms with Crippen molar-refractivity contribution in [3.8, 4) is 33.6 Å². The van der Waals surface area contributed by atoms with Crippen LogP contribution in [0.3, 0.4) is 0 Å². The van der Waals surface area contributed by atoms with Gasteiger partial charge in [-0.15, -0.1) is 0 Å². The Morgan fingerprint density at radius 3 is 1.68 bits per heavy atom. The summed E-state index contributed by atoms with van der Waals surface area (Å²) in [6, 6.07) is 33.3. The van der Waals surface area contributed by atoms with Crippen molar-refractivity contribution in [2.24, 2.45) is 0 Å². The number of hydrogen-bond acceptors (Lipinski definition) is 1. The highest BCUT2D eigenvalue weighted by atomic mass is 79.9. The second-order valence-corrected chi connectivity index (χ2v) is 6.78. The number of pyridine rings is 1. The number of halogens is 1. The Labute approximate surface area is 156 Å². The Hall–Kier alpha value is -2.71. The van der Waals surface area contributed by atoms with Crippen molar-refractivity contribution in [1.29, 1.82) is 0 Å². The fourth-order valence-corrected chi connectivity index (χ4v) is 3.32. The highest BCUT2D eigenvalue weighted by Crippen LogP contribution is 2.29. The van der Waals surface area contributed by atoms with Crippen LogP contribution in [0.4, 0.5) is 0 Å². The highest BCUT2D eigenvalue weighted by molar-refractivity contribution is 9.10. The van der Waals surface area contributed by atoms with Gasteiger partial charge in [0.2, 0.25) is 0 Å². The maximum atomic E-state index is 4.88. The largest absolute Gasteiger partial charge is 0.248 e. The number of hydrogen-bond donors (Lipinski definition) is 0. The van der Waals surface area contributed by atoms with Crippen LogP contribution in [-0.4, -0.2) is 4.98 Å². The summed E-state index contributed by atoms with van der Waals surface area (Å²) >= 11 is 3.63. The molecule has 0 spiro atoms. The smallest absolute Gasteiger partial charge is 0.0720 e. The molecule has 1 nitrogen and oxygen atoms in total. The Kier molecular flexibility index (Phi) is 4.45. The van der Waals surface area contributed by atoms with Crippen LogP contribution in [0.1, 0.15) is 0 Å². The Balaban J connectivity index is 1.79. The molecule has 4 aromatic rings. The van der Waals surface area contributed by atoms with Crippen LogP contribution in [-0.2, 0) is 0 Å². The number of nitrogens with zero attached hydrogens (tertiary/aromatic N) is 1. The zero-order chi connectivity index (χ0) is 17.1. The minimum absolute atomic E-state index is 0.964. The standard InChI is InChI=1S/C23H16BrN/c24-21-15-22(18-10-5-2-6-11-18)25-23(16-21)20-13-7-12-19(14-20)17-8-3-1-4-9-17/h1-16H. The second-order valence-electron chi connectivity index (χ2n) is 5.87. The fraction of sp³-hybridized carbons (Fsp3) is 0. The SMILES string of the molecule is Brc1cc(-c2ccccc2)nc(-c2cccc(-c3ccccc3)c2)c1. The lowest BCUT2D eigenvalue weighted by atomic mass is 10.0. The third kappa shape index (κ3) is 3.54. The number of aromatic nitrogens is 1. The molecular formula is C23H16BrN. The Morgan fingerprint density at radius 2 is 1.00 bits per heavy atom. The third-order valence-electron chi connectivity index (χ3n) is 4.13. The van der Waals surface area contributed by atoms with E-state index in [1.807, 2.05) is 24.3 Å². The summed E-state index contributed by atoms with van der Waals surface area (Å²) in [5, 5.41) is 0. The average molecular weight is 386 g/mol. The van der Waals surface area contributed by atoms with E-state index in [4.69, 9.17) is 4.98 Å². The molecule has 4 rings (SSSR count). The van der Waals surface area contributed by atoms with E-state index in [1.54, 1.807) is 0 Å². The molecule has 0 atom stereocenters. The van der Waals surface area contributed by atoms with Crippen LogP contribution in [0.2, 0.25) is 0 Å². The molecule has 0 bridgehead atoms. The van der Waals surface area contributed by atoms with Crippen LogP contribution in [0, 0.1) is 0 Å². The van der Waals surface area contributed by atoms with Gasteiger partial charge in [-0.3, -0.25) is 0 Å². The summed E-state index contributed by atoms with van der Waals surface area (Å²) in [4.78, 5) is 4.88. The number of rotatable bonds is 3. The van der Waals surface area contributed by atoms with Gasteiger partial charge >= 0.3 is 0 Å². The first-order chi connectivity index (χ1) is 12.3. The minimum Gasteiger partial charge on any atom is -0.248 e. The van der Waals surface area contributed by atoms with Crippen molar-refractivity contribution >= 4 is 15.9 Å². The van der Waals surface area contributed by atoms with E-state index >= 15 is 0 Å². The van der Waals surface area contributed by atoms with Gasteiger partial charge in [-0.05, 0) is 29.3 Å². The molecule has 0 aliphatic rings. The molecule has 120 valence electrons. The van der Waals surface area contributed by atoms with Crippen LogP contribution in [0.25, 0.3) is 33.6 Å². The van der Waals surface area contributed by atoms with E-state index in [2.05, 4.69) is 88.7 Å². The van der Waals surface area contributed by atoms with Gasteiger partial charge < -0.3 is 0 Å². The van der Waals surface area contributed by atoms with Crippen LogP contribution < -0.4 is 0 Å². The lowest BCUT2D eigenvalue weighted by molar-refractivity contribution is 1.31. The summed E-state index contributed by atoms with van der Waals surface area (Å²) in [7, 11) is 0. The van der Waals surface area contributed by atoms with Crippen molar-refractivity contribution in [3.63, 3.8) is 0 Å². The van der Waals surface area contributed by atoms with Gasteiger partial charge in [-0.2, -0.15) is 0 Å². The topological polar surface area (TPSA) is 12.9 Å². The molecule has 0 aliphatic heterocycles.